The van der Waals surface area contributed by atoms with Crippen molar-refractivity contribution in [3.8, 4) is 0 Å². The van der Waals surface area contributed by atoms with Crippen LogP contribution in [0, 0.1) is 26.1 Å². The van der Waals surface area contributed by atoms with Gasteiger partial charge in [-0.1, -0.05) is 13.8 Å². The van der Waals surface area contributed by atoms with Crippen LogP contribution in [0.4, 0.5) is 0 Å². The third kappa shape index (κ3) is 3.85. The van der Waals surface area contributed by atoms with Crippen LogP contribution in [0.5, 0.6) is 0 Å². The van der Waals surface area contributed by atoms with Crippen molar-refractivity contribution >= 4 is 0 Å². The van der Waals surface area contributed by atoms with Gasteiger partial charge in [-0.25, -0.2) is 0 Å². The van der Waals surface area contributed by atoms with Gasteiger partial charge in [0.05, 0.1) is 6.42 Å². The first kappa shape index (κ1) is 10.8. The van der Waals surface area contributed by atoms with Crippen molar-refractivity contribution in [3.63, 3.8) is 0 Å². The predicted octanol–water partition coefficient (Wildman–Crippen LogP) is 0.954. The SMILES string of the molecule is CC(C)C(CC[N+](=O)[O-])[N+](=O)[O-]. The molecule has 0 fully saturated rings. The molecule has 0 aliphatic rings. The van der Waals surface area contributed by atoms with E-state index < -0.39 is 15.9 Å². The molecule has 1 unspecified atom stereocenters. The monoisotopic (exact) mass is 176 g/mol. The maximum absolute atomic E-state index is 10.3. The van der Waals surface area contributed by atoms with Gasteiger partial charge in [0.1, 0.15) is 0 Å². The molecule has 0 aliphatic carbocycles. The minimum absolute atomic E-state index is 0.0116. The number of nitrogens with zero attached hydrogens (tertiary/aromatic N) is 2. The van der Waals surface area contributed by atoms with E-state index in [-0.39, 0.29) is 18.9 Å². The molecule has 0 bridgehead atoms. The fraction of sp³-hybridized carbons (Fsp3) is 1.00. The molecule has 0 rings (SSSR count). The molecular formula is C6H12N2O4. The van der Waals surface area contributed by atoms with Crippen LogP contribution >= 0.6 is 0 Å². The highest BCUT2D eigenvalue weighted by Gasteiger charge is 2.26. The smallest absolute Gasteiger partial charge is 0.221 e. The molecule has 0 saturated heterocycles. The van der Waals surface area contributed by atoms with E-state index in [4.69, 9.17) is 0 Å². The zero-order valence-corrected chi connectivity index (χ0v) is 7.10. The van der Waals surface area contributed by atoms with Crippen LogP contribution in [-0.2, 0) is 0 Å². The molecule has 0 aromatic heterocycles. The number of hydrogen-bond donors (Lipinski definition) is 0. The van der Waals surface area contributed by atoms with Crippen LogP contribution < -0.4 is 0 Å². The Balaban J connectivity index is 3.97. The lowest BCUT2D eigenvalue weighted by atomic mass is 10.0. The number of nitro groups is 2. The Kier molecular flexibility index (Phi) is 4.17. The van der Waals surface area contributed by atoms with Crippen molar-refractivity contribution in [1.82, 2.24) is 0 Å². The van der Waals surface area contributed by atoms with E-state index >= 15 is 0 Å². The summed E-state index contributed by atoms with van der Waals surface area (Å²) in [5.74, 6) is -0.153. The third-order valence-corrected chi connectivity index (χ3v) is 1.65. The Hall–Kier alpha value is -1.20. The Morgan fingerprint density at radius 1 is 1.25 bits per heavy atom. The van der Waals surface area contributed by atoms with E-state index in [1.165, 1.54) is 0 Å². The topological polar surface area (TPSA) is 86.3 Å². The molecule has 1 atom stereocenters. The molecule has 0 saturated carbocycles. The van der Waals surface area contributed by atoms with Crippen LogP contribution in [0.25, 0.3) is 0 Å². The summed E-state index contributed by atoms with van der Waals surface area (Å²) in [4.78, 5) is 19.3. The first-order valence-electron chi connectivity index (χ1n) is 3.70. The van der Waals surface area contributed by atoms with Gasteiger partial charge in [-0.05, 0) is 0 Å². The van der Waals surface area contributed by atoms with Crippen molar-refractivity contribution < 1.29 is 9.85 Å². The quantitative estimate of drug-likeness (QED) is 0.461. The normalized spacial score (nSPS) is 12.9. The van der Waals surface area contributed by atoms with Crippen LogP contribution in [0.3, 0.4) is 0 Å². The van der Waals surface area contributed by atoms with E-state index in [1.807, 2.05) is 0 Å². The van der Waals surface area contributed by atoms with E-state index in [0.29, 0.717) is 0 Å². The van der Waals surface area contributed by atoms with Crippen LogP contribution in [0.2, 0.25) is 0 Å². The van der Waals surface area contributed by atoms with E-state index in [9.17, 15) is 20.2 Å². The molecule has 0 heterocycles. The molecule has 0 aliphatic heterocycles. The van der Waals surface area contributed by atoms with Crippen molar-refractivity contribution in [1.29, 1.82) is 0 Å². The van der Waals surface area contributed by atoms with Gasteiger partial charge < -0.3 is 0 Å². The average molecular weight is 176 g/mol. The fourth-order valence-corrected chi connectivity index (χ4v) is 0.920. The Morgan fingerprint density at radius 2 is 1.75 bits per heavy atom. The van der Waals surface area contributed by atoms with Gasteiger partial charge in [0.2, 0.25) is 12.6 Å². The standard InChI is InChI=1S/C6H12N2O4/c1-5(2)6(8(11)12)3-4-7(9)10/h5-6H,3-4H2,1-2H3. The summed E-state index contributed by atoms with van der Waals surface area (Å²) >= 11 is 0. The number of hydrogen-bond acceptors (Lipinski definition) is 4. The summed E-state index contributed by atoms with van der Waals surface area (Å²) in [7, 11) is 0. The van der Waals surface area contributed by atoms with Crippen LogP contribution in [0.15, 0.2) is 0 Å². The third-order valence-electron chi connectivity index (χ3n) is 1.65. The van der Waals surface area contributed by atoms with Crippen LogP contribution in [-0.4, -0.2) is 22.4 Å². The Labute approximate surface area is 69.9 Å². The maximum Gasteiger partial charge on any atom is 0.221 e. The molecular weight excluding hydrogens is 164 g/mol. The maximum atomic E-state index is 10.3. The van der Waals surface area contributed by atoms with Crippen molar-refractivity contribution in [2.45, 2.75) is 26.3 Å². The van der Waals surface area contributed by atoms with Crippen molar-refractivity contribution in [2.24, 2.45) is 5.92 Å². The Morgan fingerprint density at radius 3 is 2.00 bits per heavy atom. The molecule has 0 amide bonds. The second kappa shape index (κ2) is 4.63. The summed E-state index contributed by atoms with van der Waals surface area (Å²) in [6, 6.07) is -0.796. The average Bonchev–Trinajstić information content (AvgIpc) is 1.84. The molecule has 12 heavy (non-hydrogen) atoms. The highest BCUT2D eigenvalue weighted by atomic mass is 16.6. The zero-order valence-electron chi connectivity index (χ0n) is 7.10. The number of rotatable bonds is 5. The molecule has 6 heteroatoms. The summed E-state index contributed by atoms with van der Waals surface area (Å²) in [5, 5.41) is 20.3. The lowest BCUT2D eigenvalue weighted by molar-refractivity contribution is -0.548. The highest BCUT2D eigenvalue weighted by molar-refractivity contribution is 4.59. The van der Waals surface area contributed by atoms with Gasteiger partial charge in [-0.2, -0.15) is 0 Å². The second-order valence-electron chi connectivity index (χ2n) is 2.94. The van der Waals surface area contributed by atoms with Crippen LogP contribution in [0.1, 0.15) is 20.3 Å². The lowest BCUT2D eigenvalue weighted by Crippen LogP contribution is -2.28. The molecule has 0 N–H and O–H groups in total. The summed E-state index contributed by atoms with van der Waals surface area (Å²) < 4.78 is 0. The lowest BCUT2D eigenvalue weighted by Gasteiger charge is -2.09. The van der Waals surface area contributed by atoms with Gasteiger partial charge in [-0.3, -0.25) is 20.2 Å². The molecule has 0 radical (unpaired) electrons. The van der Waals surface area contributed by atoms with Gasteiger partial charge in [0.15, 0.2) is 0 Å². The zero-order chi connectivity index (χ0) is 9.72. The minimum atomic E-state index is -0.796. The summed E-state index contributed by atoms with van der Waals surface area (Å²) in [6.07, 6.45) is 0.0116. The fourth-order valence-electron chi connectivity index (χ4n) is 0.920. The minimum Gasteiger partial charge on any atom is -0.265 e. The van der Waals surface area contributed by atoms with E-state index in [0.717, 1.165) is 0 Å². The van der Waals surface area contributed by atoms with Crippen molar-refractivity contribution in [2.75, 3.05) is 6.54 Å². The summed E-state index contributed by atoms with van der Waals surface area (Å²) in [5.41, 5.74) is 0. The van der Waals surface area contributed by atoms with Crippen molar-refractivity contribution in [3.05, 3.63) is 20.2 Å². The first-order chi connectivity index (χ1) is 5.45. The van der Waals surface area contributed by atoms with Gasteiger partial charge in [-0.15, -0.1) is 0 Å². The second-order valence-corrected chi connectivity index (χ2v) is 2.94. The van der Waals surface area contributed by atoms with Gasteiger partial charge in [0, 0.05) is 15.8 Å². The largest absolute Gasteiger partial charge is 0.265 e. The van der Waals surface area contributed by atoms with E-state index in [1.54, 1.807) is 13.8 Å². The molecule has 6 nitrogen and oxygen atoms in total. The predicted molar refractivity (Wildman–Crippen MR) is 42.1 cm³/mol. The molecule has 0 aromatic carbocycles. The first-order valence-corrected chi connectivity index (χ1v) is 3.70. The Bertz CT molecular complexity index is 180. The van der Waals surface area contributed by atoms with Gasteiger partial charge in [0.25, 0.3) is 0 Å². The molecule has 0 spiro atoms. The van der Waals surface area contributed by atoms with Gasteiger partial charge >= 0.3 is 0 Å². The molecule has 70 valence electrons. The highest BCUT2D eigenvalue weighted by Crippen LogP contribution is 2.09. The summed E-state index contributed by atoms with van der Waals surface area (Å²) in [6.45, 7) is 3.05. The van der Waals surface area contributed by atoms with E-state index in [2.05, 4.69) is 0 Å². The molecule has 0 aromatic rings.